The second kappa shape index (κ2) is 9.63. The minimum absolute atomic E-state index is 0. The van der Waals surface area contributed by atoms with Crippen LogP contribution >= 0.6 is 24.0 Å². The lowest BCUT2D eigenvalue weighted by Gasteiger charge is -2.22. The first kappa shape index (κ1) is 19.5. The average Bonchev–Trinajstić information content (AvgIpc) is 3.16. The Bertz CT molecular complexity index is 513. The minimum atomic E-state index is 0. The average molecular weight is 445 g/mol. The summed E-state index contributed by atoms with van der Waals surface area (Å²) >= 11 is 0. The van der Waals surface area contributed by atoms with Crippen molar-refractivity contribution in [2.24, 2.45) is 16.8 Å². The molecule has 2 aliphatic rings. The first-order valence-corrected chi connectivity index (χ1v) is 9.30. The highest BCUT2D eigenvalue weighted by Gasteiger charge is 2.35. The molecule has 0 bridgehead atoms. The van der Waals surface area contributed by atoms with Gasteiger partial charge >= 0.3 is 0 Å². The molecule has 0 amide bonds. The number of hydrogen-bond donors (Lipinski definition) is 2. The molecule has 1 aromatic rings. The van der Waals surface area contributed by atoms with Crippen molar-refractivity contribution in [2.75, 3.05) is 26.2 Å². The van der Waals surface area contributed by atoms with Crippen molar-refractivity contribution < 1.29 is 0 Å². The van der Waals surface area contributed by atoms with Crippen LogP contribution in [-0.4, -0.2) is 47.2 Å². The third-order valence-corrected chi connectivity index (χ3v) is 5.41. The summed E-state index contributed by atoms with van der Waals surface area (Å²) in [7, 11) is 0. The van der Waals surface area contributed by atoms with Crippen LogP contribution in [0.4, 0.5) is 0 Å². The summed E-state index contributed by atoms with van der Waals surface area (Å²) in [4.78, 5) is 7.39. The van der Waals surface area contributed by atoms with Crippen LogP contribution in [-0.2, 0) is 6.42 Å². The molecule has 1 aromatic heterocycles. The summed E-state index contributed by atoms with van der Waals surface area (Å²) in [6.45, 7) is 8.49. The van der Waals surface area contributed by atoms with E-state index in [9.17, 15) is 0 Å². The monoisotopic (exact) mass is 445 g/mol. The van der Waals surface area contributed by atoms with Gasteiger partial charge in [-0.25, -0.2) is 0 Å². The van der Waals surface area contributed by atoms with E-state index in [-0.39, 0.29) is 24.0 Å². The zero-order valence-electron chi connectivity index (χ0n) is 15.1. The Morgan fingerprint density at radius 3 is 2.62 bits per heavy atom. The van der Waals surface area contributed by atoms with E-state index in [1.165, 1.54) is 50.0 Å². The number of aromatic amines is 1. The van der Waals surface area contributed by atoms with Gasteiger partial charge in [-0.15, -0.1) is 24.0 Å². The summed E-state index contributed by atoms with van der Waals surface area (Å²) in [5, 5.41) is 10.6. The quantitative estimate of drug-likeness (QED) is 0.316. The maximum absolute atomic E-state index is 4.88. The number of fused-ring (bicyclic) bond motifs is 1. The van der Waals surface area contributed by atoms with Crippen LogP contribution in [0.3, 0.4) is 0 Å². The molecule has 0 spiro atoms. The van der Waals surface area contributed by atoms with Gasteiger partial charge < -0.3 is 10.2 Å². The molecule has 2 fully saturated rings. The summed E-state index contributed by atoms with van der Waals surface area (Å²) in [6.07, 6.45) is 9.75. The van der Waals surface area contributed by atoms with Crippen molar-refractivity contribution in [3.8, 4) is 0 Å². The molecule has 2 unspecified atom stereocenters. The van der Waals surface area contributed by atoms with Gasteiger partial charge in [0.05, 0.1) is 6.20 Å². The van der Waals surface area contributed by atoms with Crippen LogP contribution in [0.25, 0.3) is 0 Å². The Balaban J connectivity index is 0.00000208. The standard InChI is InChI=1S/C18H31N5.HI/c1-3-19-18(20-10-6-9-15-11-21-22-14(15)2)23-12-16-7-4-5-8-17(16)13-23;/h11,16-17H,3-10,12-13H2,1-2H3,(H,19,20)(H,21,22);1H. The molecule has 3 rings (SSSR count). The number of likely N-dealkylation sites (tertiary alicyclic amines) is 1. The van der Waals surface area contributed by atoms with Gasteiger partial charge in [0.1, 0.15) is 0 Å². The fourth-order valence-corrected chi connectivity index (χ4v) is 4.09. The second-order valence-electron chi connectivity index (χ2n) is 7.07. The molecule has 2 N–H and O–H groups in total. The first-order valence-electron chi connectivity index (χ1n) is 9.30. The van der Waals surface area contributed by atoms with Gasteiger partial charge in [0.2, 0.25) is 0 Å². The second-order valence-corrected chi connectivity index (χ2v) is 7.07. The highest BCUT2D eigenvalue weighted by molar-refractivity contribution is 14.0. The topological polar surface area (TPSA) is 56.3 Å². The van der Waals surface area contributed by atoms with Crippen LogP contribution < -0.4 is 5.32 Å². The van der Waals surface area contributed by atoms with E-state index in [2.05, 4.69) is 34.3 Å². The van der Waals surface area contributed by atoms with Gasteiger partial charge in [-0.1, -0.05) is 12.8 Å². The third kappa shape index (κ3) is 4.86. The number of aryl methyl sites for hydroxylation is 2. The van der Waals surface area contributed by atoms with Gasteiger partial charge in [0, 0.05) is 31.9 Å². The molecule has 24 heavy (non-hydrogen) atoms. The van der Waals surface area contributed by atoms with Crippen molar-refractivity contribution in [1.82, 2.24) is 20.4 Å². The van der Waals surface area contributed by atoms with Crippen LogP contribution in [0.5, 0.6) is 0 Å². The van der Waals surface area contributed by atoms with Gasteiger partial charge in [-0.2, -0.15) is 5.10 Å². The number of aromatic nitrogens is 2. The van der Waals surface area contributed by atoms with Gasteiger partial charge in [0.25, 0.3) is 0 Å². The smallest absolute Gasteiger partial charge is 0.193 e. The predicted octanol–water partition coefficient (Wildman–Crippen LogP) is 3.36. The van der Waals surface area contributed by atoms with Gasteiger partial charge in [0.15, 0.2) is 5.96 Å². The van der Waals surface area contributed by atoms with Crippen LogP contribution in [0.1, 0.15) is 50.3 Å². The molecule has 5 nitrogen and oxygen atoms in total. The summed E-state index contributed by atoms with van der Waals surface area (Å²) in [5.41, 5.74) is 2.50. The molecule has 1 saturated carbocycles. The third-order valence-electron chi connectivity index (χ3n) is 5.41. The van der Waals surface area contributed by atoms with Crippen molar-refractivity contribution in [3.63, 3.8) is 0 Å². The Kier molecular flexibility index (Phi) is 7.84. The summed E-state index contributed by atoms with van der Waals surface area (Å²) in [5.74, 6) is 2.94. The van der Waals surface area contributed by atoms with Crippen molar-refractivity contribution >= 4 is 29.9 Å². The summed E-state index contributed by atoms with van der Waals surface area (Å²) in [6, 6.07) is 0. The first-order chi connectivity index (χ1) is 11.3. The maximum Gasteiger partial charge on any atom is 0.193 e. The van der Waals surface area contributed by atoms with E-state index < -0.39 is 0 Å². The fraction of sp³-hybridized carbons (Fsp3) is 0.778. The van der Waals surface area contributed by atoms with E-state index in [0.717, 1.165) is 43.7 Å². The van der Waals surface area contributed by atoms with Crippen molar-refractivity contribution in [1.29, 1.82) is 0 Å². The molecular formula is C18H32IN5. The van der Waals surface area contributed by atoms with Crippen LogP contribution in [0.15, 0.2) is 11.2 Å². The Hall–Kier alpha value is -0.790. The Morgan fingerprint density at radius 2 is 2.04 bits per heavy atom. The zero-order valence-corrected chi connectivity index (χ0v) is 17.4. The van der Waals surface area contributed by atoms with Gasteiger partial charge in [-0.3, -0.25) is 10.1 Å². The van der Waals surface area contributed by atoms with E-state index >= 15 is 0 Å². The number of nitrogens with zero attached hydrogens (tertiary/aromatic N) is 3. The van der Waals surface area contributed by atoms with E-state index in [1.807, 2.05) is 6.20 Å². The number of guanidine groups is 1. The zero-order chi connectivity index (χ0) is 16.1. The van der Waals surface area contributed by atoms with E-state index in [1.54, 1.807) is 0 Å². The SMILES string of the molecule is CCNC(=NCCCc1cn[nH]c1C)N1CC2CCCCC2C1.I. The minimum Gasteiger partial charge on any atom is -0.357 e. The molecule has 2 heterocycles. The van der Waals surface area contributed by atoms with Gasteiger partial charge in [-0.05, 0) is 56.9 Å². The molecule has 1 aliphatic heterocycles. The normalized spacial score (nSPS) is 23.8. The molecule has 1 saturated heterocycles. The highest BCUT2D eigenvalue weighted by atomic mass is 127. The molecule has 6 heteroatoms. The summed E-state index contributed by atoms with van der Waals surface area (Å²) < 4.78 is 0. The Labute approximate surface area is 163 Å². The largest absolute Gasteiger partial charge is 0.357 e. The number of H-pyrrole nitrogens is 1. The molecule has 2 atom stereocenters. The van der Waals surface area contributed by atoms with Crippen molar-refractivity contribution in [3.05, 3.63) is 17.5 Å². The molecule has 1 aliphatic carbocycles. The lowest BCUT2D eigenvalue weighted by molar-refractivity contribution is 0.299. The van der Waals surface area contributed by atoms with E-state index in [4.69, 9.17) is 4.99 Å². The fourth-order valence-electron chi connectivity index (χ4n) is 4.09. The van der Waals surface area contributed by atoms with Crippen LogP contribution in [0.2, 0.25) is 0 Å². The molecular weight excluding hydrogens is 413 g/mol. The maximum atomic E-state index is 4.88. The number of hydrogen-bond acceptors (Lipinski definition) is 2. The molecule has 136 valence electrons. The number of aliphatic imine (C=N–C) groups is 1. The predicted molar refractivity (Wildman–Crippen MR) is 110 cm³/mol. The number of nitrogens with one attached hydrogen (secondary N) is 2. The number of rotatable bonds is 5. The lowest BCUT2D eigenvalue weighted by atomic mass is 9.82. The Morgan fingerprint density at radius 1 is 1.33 bits per heavy atom. The van der Waals surface area contributed by atoms with Crippen LogP contribution in [0, 0.1) is 18.8 Å². The molecule has 0 radical (unpaired) electrons. The van der Waals surface area contributed by atoms with Crippen molar-refractivity contribution in [2.45, 2.75) is 52.4 Å². The van der Waals surface area contributed by atoms with E-state index in [0.29, 0.717) is 0 Å². The lowest BCUT2D eigenvalue weighted by Crippen LogP contribution is -2.40. The molecule has 0 aromatic carbocycles. The number of halogens is 1. The highest BCUT2D eigenvalue weighted by Crippen LogP contribution is 2.35.